The molecule has 4 aromatic rings. The topological polar surface area (TPSA) is 115 Å². The maximum Gasteiger partial charge on any atom is 0.453 e. The molecule has 180 valence electrons. The first-order valence-electron chi connectivity index (χ1n) is 10.1. The van der Waals surface area contributed by atoms with Gasteiger partial charge in [0, 0.05) is 6.07 Å². The Labute approximate surface area is 194 Å². The number of aliphatic carboxylic acids is 1. The Hall–Kier alpha value is -4.54. The minimum atomic E-state index is -5.05. The van der Waals surface area contributed by atoms with E-state index in [1.165, 1.54) is 24.3 Å². The molecule has 0 aliphatic rings. The second kappa shape index (κ2) is 9.37. The summed E-state index contributed by atoms with van der Waals surface area (Å²) in [6.45, 7) is -1.22. The molecule has 0 aliphatic carbocycles. The number of hydrogen-bond acceptors (Lipinski definition) is 6. The summed E-state index contributed by atoms with van der Waals surface area (Å²) >= 11 is 0. The van der Waals surface area contributed by atoms with Crippen LogP contribution in [0.1, 0.15) is 5.76 Å². The van der Waals surface area contributed by atoms with Gasteiger partial charge < -0.3 is 24.3 Å². The Morgan fingerprint density at radius 3 is 2.40 bits per heavy atom. The van der Waals surface area contributed by atoms with Gasteiger partial charge in [0.15, 0.2) is 6.61 Å². The Morgan fingerprint density at radius 2 is 1.69 bits per heavy atom. The zero-order chi connectivity index (χ0) is 25.2. The van der Waals surface area contributed by atoms with Gasteiger partial charge in [-0.3, -0.25) is 14.4 Å². The Balaban J connectivity index is 1.68. The Bertz CT molecular complexity index is 1490. The van der Waals surface area contributed by atoms with Gasteiger partial charge >= 0.3 is 12.1 Å². The van der Waals surface area contributed by atoms with Crippen molar-refractivity contribution in [3.63, 3.8) is 0 Å². The van der Waals surface area contributed by atoms with Crippen LogP contribution >= 0.6 is 0 Å². The van der Waals surface area contributed by atoms with Crippen molar-refractivity contribution in [1.82, 2.24) is 5.32 Å². The van der Waals surface area contributed by atoms with Crippen molar-refractivity contribution >= 4 is 33.6 Å². The number of halogens is 3. The molecule has 1 heterocycles. The van der Waals surface area contributed by atoms with Gasteiger partial charge in [0.25, 0.3) is 11.7 Å². The number of ether oxygens (including phenoxy) is 2. The minimum absolute atomic E-state index is 0.0215. The summed E-state index contributed by atoms with van der Waals surface area (Å²) in [7, 11) is 0. The van der Waals surface area contributed by atoms with Crippen LogP contribution in [0, 0.1) is 0 Å². The highest BCUT2D eigenvalue weighted by atomic mass is 19.4. The van der Waals surface area contributed by atoms with Crippen molar-refractivity contribution in [2.45, 2.75) is 6.18 Å². The lowest BCUT2D eigenvalue weighted by Gasteiger charge is -2.14. The number of rotatable bonds is 7. The van der Waals surface area contributed by atoms with E-state index in [-0.39, 0.29) is 16.9 Å². The second-order valence-corrected chi connectivity index (χ2v) is 7.32. The van der Waals surface area contributed by atoms with Crippen LogP contribution in [0.2, 0.25) is 0 Å². The highest BCUT2D eigenvalue weighted by molar-refractivity contribution is 5.84. The van der Waals surface area contributed by atoms with E-state index in [1.54, 1.807) is 18.2 Å². The number of carboxylic acid groups (broad SMARTS) is 1. The van der Waals surface area contributed by atoms with E-state index in [0.29, 0.717) is 5.39 Å². The van der Waals surface area contributed by atoms with Gasteiger partial charge in [0.05, 0.1) is 5.39 Å². The van der Waals surface area contributed by atoms with Crippen LogP contribution in [0.4, 0.5) is 13.2 Å². The largest absolute Gasteiger partial charge is 0.484 e. The summed E-state index contributed by atoms with van der Waals surface area (Å²) in [6, 6.07) is 15.2. The SMILES string of the molecule is O=C(O)CNC(=O)COc1ccc2c(=O)c(Oc3ccc4ccccc4c3)c(C(F)(F)F)oc2c1. The predicted octanol–water partition coefficient (Wildman–Crippen LogP) is 4.34. The number of carbonyl (C=O) groups is 2. The molecule has 0 saturated carbocycles. The summed E-state index contributed by atoms with van der Waals surface area (Å²) in [4.78, 5) is 35.0. The normalized spacial score (nSPS) is 11.4. The molecular formula is C24H16F3NO7. The summed E-state index contributed by atoms with van der Waals surface area (Å²) in [5.74, 6) is -4.70. The fraction of sp³-hybridized carbons (Fsp3) is 0.125. The fourth-order valence-electron chi connectivity index (χ4n) is 3.25. The van der Waals surface area contributed by atoms with Gasteiger partial charge in [-0.1, -0.05) is 30.3 Å². The van der Waals surface area contributed by atoms with Crippen molar-refractivity contribution in [3.8, 4) is 17.2 Å². The lowest BCUT2D eigenvalue weighted by Crippen LogP contribution is -2.33. The molecule has 0 bridgehead atoms. The monoisotopic (exact) mass is 487 g/mol. The third-order valence-electron chi connectivity index (χ3n) is 4.83. The van der Waals surface area contributed by atoms with Crippen molar-refractivity contribution in [2.75, 3.05) is 13.2 Å². The lowest BCUT2D eigenvalue weighted by molar-refractivity contribution is -0.154. The van der Waals surface area contributed by atoms with E-state index in [4.69, 9.17) is 19.0 Å². The van der Waals surface area contributed by atoms with Crippen LogP contribution < -0.4 is 20.2 Å². The van der Waals surface area contributed by atoms with Crippen LogP contribution in [-0.2, 0) is 15.8 Å². The number of alkyl halides is 3. The number of carboxylic acids is 1. The number of nitrogens with one attached hydrogen (secondary N) is 1. The van der Waals surface area contributed by atoms with Gasteiger partial charge in [-0.05, 0) is 35.0 Å². The molecule has 0 atom stereocenters. The lowest BCUT2D eigenvalue weighted by atomic mass is 10.1. The van der Waals surface area contributed by atoms with Gasteiger partial charge in [-0.25, -0.2) is 0 Å². The van der Waals surface area contributed by atoms with Crippen LogP contribution in [0.5, 0.6) is 17.2 Å². The maximum absolute atomic E-state index is 13.8. The van der Waals surface area contributed by atoms with Crippen LogP contribution in [0.25, 0.3) is 21.7 Å². The van der Waals surface area contributed by atoms with Gasteiger partial charge in [-0.15, -0.1) is 0 Å². The molecule has 0 aliphatic heterocycles. The number of amides is 1. The second-order valence-electron chi connectivity index (χ2n) is 7.32. The average Bonchev–Trinajstić information content (AvgIpc) is 2.82. The standard InChI is InChI=1S/C24H16F3NO7/c25-24(26,27)23-22(34-16-6-5-13-3-1-2-4-14(13)9-16)21(32)17-8-7-15(10-18(17)35-23)33-12-19(29)28-11-20(30)31/h1-10H,11-12H2,(H,28,29)(H,30,31). The highest BCUT2D eigenvalue weighted by Crippen LogP contribution is 2.39. The van der Waals surface area contributed by atoms with E-state index in [9.17, 15) is 27.6 Å². The van der Waals surface area contributed by atoms with Crippen LogP contribution in [0.15, 0.2) is 69.9 Å². The van der Waals surface area contributed by atoms with Crippen molar-refractivity contribution in [3.05, 3.63) is 76.6 Å². The van der Waals surface area contributed by atoms with Crippen LogP contribution in [-0.4, -0.2) is 30.1 Å². The highest BCUT2D eigenvalue weighted by Gasteiger charge is 2.40. The minimum Gasteiger partial charge on any atom is -0.484 e. The first kappa shape index (κ1) is 23.6. The maximum atomic E-state index is 13.8. The first-order chi connectivity index (χ1) is 16.6. The van der Waals surface area contributed by atoms with Crippen molar-refractivity contribution in [1.29, 1.82) is 0 Å². The number of carbonyl (C=O) groups excluding carboxylic acids is 1. The third kappa shape index (κ3) is 5.35. The summed E-state index contributed by atoms with van der Waals surface area (Å²) < 4.78 is 56.9. The third-order valence-corrected chi connectivity index (χ3v) is 4.83. The predicted molar refractivity (Wildman–Crippen MR) is 118 cm³/mol. The number of hydrogen-bond donors (Lipinski definition) is 2. The molecule has 0 fully saturated rings. The van der Waals surface area contributed by atoms with E-state index in [2.05, 4.69) is 5.32 Å². The average molecular weight is 487 g/mol. The van der Waals surface area contributed by atoms with E-state index in [0.717, 1.165) is 11.5 Å². The van der Waals surface area contributed by atoms with Crippen LogP contribution in [0.3, 0.4) is 0 Å². The van der Waals surface area contributed by atoms with Gasteiger partial charge in [0.2, 0.25) is 11.2 Å². The molecule has 35 heavy (non-hydrogen) atoms. The molecule has 0 saturated heterocycles. The Morgan fingerprint density at radius 1 is 0.971 bits per heavy atom. The molecule has 8 nitrogen and oxygen atoms in total. The molecule has 1 aromatic heterocycles. The zero-order valence-electron chi connectivity index (χ0n) is 17.7. The Kier molecular flexibility index (Phi) is 6.32. The fourth-order valence-corrected chi connectivity index (χ4v) is 3.25. The quantitative estimate of drug-likeness (QED) is 0.399. The molecule has 0 radical (unpaired) electrons. The molecule has 0 unspecified atom stereocenters. The molecule has 4 rings (SSSR count). The molecule has 2 N–H and O–H groups in total. The zero-order valence-corrected chi connectivity index (χ0v) is 17.7. The number of fused-ring (bicyclic) bond motifs is 2. The van der Waals surface area contributed by atoms with Gasteiger partial charge in [-0.2, -0.15) is 13.2 Å². The number of benzene rings is 3. The first-order valence-corrected chi connectivity index (χ1v) is 10.1. The van der Waals surface area contributed by atoms with Gasteiger partial charge in [0.1, 0.15) is 23.6 Å². The summed E-state index contributed by atoms with van der Waals surface area (Å²) in [6.07, 6.45) is -5.05. The summed E-state index contributed by atoms with van der Waals surface area (Å²) in [5, 5.41) is 12.0. The smallest absolute Gasteiger partial charge is 0.453 e. The molecule has 0 spiro atoms. The van der Waals surface area contributed by atoms with Crippen molar-refractivity contribution in [2.24, 2.45) is 0 Å². The van der Waals surface area contributed by atoms with E-state index in [1.807, 2.05) is 12.1 Å². The van der Waals surface area contributed by atoms with Crippen molar-refractivity contribution < 1.29 is 41.8 Å². The molecule has 11 heteroatoms. The molecule has 3 aromatic carbocycles. The summed E-state index contributed by atoms with van der Waals surface area (Å²) in [5.41, 5.74) is -1.48. The molecule has 1 amide bonds. The molecular weight excluding hydrogens is 471 g/mol. The van der Waals surface area contributed by atoms with E-state index < -0.39 is 53.7 Å². The van der Waals surface area contributed by atoms with E-state index >= 15 is 0 Å².